The largest absolute Gasteiger partial charge is 0.496 e. The molecule has 0 aromatic heterocycles. The van der Waals surface area contributed by atoms with Crippen molar-refractivity contribution in [2.75, 3.05) is 20.3 Å². The van der Waals surface area contributed by atoms with Gasteiger partial charge in [-0.1, -0.05) is 12.1 Å². The highest BCUT2D eigenvalue weighted by molar-refractivity contribution is 6.19. The summed E-state index contributed by atoms with van der Waals surface area (Å²) in [7, 11) is 1.46. The minimum absolute atomic E-state index is 0.0118. The van der Waals surface area contributed by atoms with Crippen molar-refractivity contribution in [2.45, 2.75) is 13.8 Å². The first kappa shape index (κ1) is 18.2. The number of esters is 1. The van der Waals surface area contributed by atoms with Crippen molar-refractivity contribution in [2.24, 2.45) is 16.5 Å². The van der Waals surface area contributed by atoms with Crippen molar-refractivity contribution >= 4 is 17.6 Å². The maximum atomic E-state index is 12.2. The highest BCUT2D eigenvalue weighted by atomic mass is 16.5. The lowest BCUT2D eigenvalue weighted by Gasteiger charge is -2.10. The minimum Gasteiger partial charge on any atom is -0.496 e. The average molecular weight is 319 g/mol. The number of aliphatic imine (C=N–C) groups is 1. The molecule has 1 rings (SSSR count). The molecule has 0 amide bonds. The fourth-order valence-corrected chi connectivity index (χ4v) is 1.87. The van der Waals surface area contributed by atoms with Crippen LogP contribution in [0.1, 0.15) is 24.2 Å². The van der Waals surface area contributed by atoms with Gasteiger partial charge in [0.2, 0.25) is 5.78 Å². The number of hydrogen-bond donors (Lipinski definition) is 2. The molecule has 7 heteroatoms. The molecule has 0 saturated carbocycles. The molecule has 0 radical (unpaired) electrons. The summed E-state index contributed by atoms with van der Waals surface area (Å²) < 4.78 is 10.1. The number of carbonyl (C=O) groups excluding carboxylic acids is 2. The van der Waals surface area contributed by atoms with Crippen molar-refractivity contribution < 1.29 is 19.1 Å². The van der Waals surface area contributed by atoms with Crippen molar-refractivity contribution in [3.05, 3.63) is 41.1 Å². The van der Waals surface area contributed by atoms with Crippen LogP contribution in [-0.4, -0.2) is 37.8 Å². The number of benzene rings is 1. The molecule has 0 aliphatic heterocycles. The molecular formula is C16H21N3O4. The van der Waals surface area contributed by atoms with E-state index in [0.29, 0.717) is 17.9 Å². The van der Waals surface area contributed by atoms with Crippen LogP contribution >= 0.6 is 0 Å². The second-order valence-electron chi connectivity index (χ2n) is 4.62. The van der Waals surface area contributed by atoms with Crippen LogP contribution in [0.25, 0.3) is 0 Å². The molecule has 0 saturated heterocycles. The van der Waals surface area contributed by atoms with E-state index in [-0.39, 0.29) is 17.1 Å². The third kappa shape index (κ3) is 4.84. The lowest BCUT2D eigenvalue weighted by Crippen LogP contribution is -2.28. The topological polar surface area (TPSA) is 117 Å². The zero-order valence-electron chi connectivity index (χ0n) is 13.5. The van der Waals surface area contributed by atoms with Gasteiger partial charge in [-0.15, -0.1) is 0 Å². The van der Waals surface area contributed by atoms with Gasteiger partial charge >= 0.3 is 5.97 Å². The molecule has 0 spiro atoms. The molecule has 0 aliphatic rings. The fourth-order valence-electron chi connectivity index (χ4n) is 1.87. The number of methoxy groups -OCH3 is 1. The van der Waals surface area contributed by atoms with Crippen LogP contribution in [0.2, 0.25) is 0 Å². The molecule has 0 unspecified atom stereocenters. The number of carbonyl (C=O) groups is 2. The summed E-state index contributed by atoms with van der Waals surface area (Å²) in [6.45, 7) is 3.23. The molecule has 0 bridgehead atoms. The van der Waals surface area contributed by atoms with E-state index in [9.17, 15) is 9.59 Å². The summed E-state index contributed by atoms with van der Waals surface area (Å²) >= 11 is 0. The average Bonchev–Trinajstić information content (AvgIpc) is 2.52. The van der Waals surface area contributed by atoms with Crippen LogP contribution in [0.3, 0.4) is 0 Å². The first-order valence-electron chi connectivity index (χ1n) is 7.02. The summed E-state index contributed by atoms with van der Waals surface area (Å²) in [5, 5.41) is 0. The van der Waals surface area contributed by atoms with Gasteiger partial charge in [0.1, 0.15) is 17.2 Å². The van der Waals surface area contributed by atoms with Gasteiger partial charge in [0.05, 0.1) is 12.7 Å². The van der Waals surface area contributed by atoms with Crippen LogP contribution < -0.4 is 16.2 Å². The maximum Gasteiger partial charge on any atom is 0.344 e. The van der Waals surface area contributed by atoms with E-state index in [1.165, 1.54) is 14.0 Å². The maximum absolute atomic E-state index is 12.2. The molecule has 0 aliphatic carbocycles. The quantitative estimate of drug-likeness (QED) is 0.255. The standard InChI is InChI=1S/C16H21N3O4/c1-4-19-15(18)14(10(2)17)16(21)23-9-12(20)11-7-5-6-8-13(11)22-3/h5-8H,4,9,17H2,1-3H3,(H2,18,19). The van der Waals surface area contributed by atoms with Gasteiger partial charge in [-0.3, -0.25) is 9.79 Å². The van der Waals surface area contributed by atoms with Gasteiger partial charge in [0.25, 0.3) is 0 Å². The lowest BCUT2D eigenvalue weighted by molar-refractivity contribution is -0.137. The fraction of sp³-hybridized carbons (Fsp3) is 0.312. The number of nitrogens with two attached hydrogens (primary N) is 2. The summed E-state index contributed by atoms with van der Waals surface area (Å²) in [4.78, 5) is 28.2. The lowest BCUT2D eigenvalue weighted by atomic mass is 10.1. The number of allylic oxidation sites excluding steroid dienone is 1. The van der Waals surface area contributed by atoms with E-state index < -0.39 is 18.4 Å². The monoisotopic (exact) mass is 319 g/mol. The van der Waals surface area contributed by atoms with Crippen molar-refractivity contribution in [1.29, 1.82) is 0 Å². The predicted molar refractivity (Wildman–Crippen MR) is 87.3 cm³/mol. The zero-order chi connectivity index (χ0) is 17.4. The van der Waals surface area contributed by atoms with E-state index in [1.54, 1.807) is 31.2 Å². The highest BCUT2D eigenvalue weighted by Gasteiger charge is 2.20. The number of amidine groups is 1. The van der Waals surface area contributed by atoms with Crippen LogP contribution in [0.4, 0.5) is 0 Å². The summed E-state index contributed by atoms with van der Waals surface area (Å²) in [6.07, 6.45) is 0. The molecule has 4 N–H and O–H groups in total. The van der Waals surface area contributed by atoms with Gasteiger partial charge in [-0.2, -0.15) is 0 Å². The number of Topliss-reactive ketones (excluding diaryl/α,β-unsaturated/α-hetero) is 1. The van der Waals surface area contributed by atoms with Gasteiger partial charge in [-0.05, 0) is 26.0 Å². The Kier molecular flexibility index (Phi) is 6.79. The van der Waals surface area contributed by atoms with E-state index in [1.807, 2.05) is 0 Å². The van der Waals surface area contributed by atoms with Gasteiger partial charge < -0.3 is 20.9 Å². The number of rotatable bonds is 7. The summed E-state index contributed by atoms with van der Waals surface area (Å²) in [5.41, 5.74) is 11.8. The van der Waals surface area contributed by atoms with Crippen molar-refractivity contribution in [3.8, 4) is 5.75 Å². The van der Waals surface area contributed by atoms with Crippen LogP contribution in [0.15, 0.2) is 40.5 Å². The second-order valence-corrected chi connectivity index (χ2v) is 4.62. The Morgan fingerprint density at radius 1 is 1.22 bits per heavy atom. The molecule has 23 heavy (non-hydrogen) atoms. The summed E-state index contributed by atoms with van der Waals surface area (Å²) in [5.74, 6) is -0.785. The number of nitrogens with zero attached hydrogens (tertiary/aromatic N) is 1. The van der Waals surface area contributed by atoms with E-state index in [4.69, 9.17) is 20.9 Å². The Hall–Kier alpha value is -2.83. The Morgan fingerprint density at radius 2 is 1.87 bits per heavy atom. The number of para-hydroxylation sites is 1. The first-order chi connectivity index (χ1) is 10.9. The Bertz CT molecular complexity index is 646. The molecule has 0 atom stereocenters. The van der Waals surface area contributed by atoms with Gasteiger partial charge in [0, 0.05) is 12.2 Å². The predicted octanol–water partition coefficient (Wildman–Crippen LogP) is 1.03. The summed E-state index contributed by atoms with van der Waals surface area (Å²) in [6, 6.07) is 6.67. The molecule has 0 fully saturated rings. The molecular weight excluding hydrogens is 298 g/mol. The third-order valence-electron chi connectivity index (χ3n) is 2.92. The second kappa shape index (κ2) is 8.57. The van der Waals surface area contributed by atoms with E-state index >= 15 is 0 Å². The molecule has 1 aromatic carbocycles. The third-order valence-corrected chi connectivity index (χ3v) is 2.92. The van der Waals surface area contributed by atoms with Crippen LogP contribution in [0.5, 0.6) is 5.75 Å². The number of ketones is 1. The van der Waals surface area contributed by atoms with Gasteiger partial charge in [0.15, 0.2) is 6.61 Å². The normalized spacial score (nSPS) is 12.4. The zero-order valence-corrected chi connectivity index (χ0v) is 13.5. The highest BCUT2D eigenvalue weighted by Crippen LogP contribution is 2.18. The van der Waals surface area contributed by atoms with Gasteiger partial charge in [-0.25, -0.2) is 4.79 Å². The van der Waals surface area contributed by atoms with Crippen LogP contribution in [-0.2, 0) is 9.53 Å². The Balaban J connectivity index is 2.84. The molecule has 124 valence electrons. The first-order valence-corrected chi connectivity index (χ1v) is 7.02. The molecule has 7 nitrogen and oxygen atoms in total. The van der Waals surface area contributed by atoms with Crippen LogP contribution in [0, 0.1) is 0 Å². The van der Waals surface area contributed by atoms with Crippen molar-refractivity contribution in [1.82, 2.24) is 0 Å². The van der Waals surface area contributed by atoms with E-state index in [0.717, 1.165) is 0 Å². The number of ether oxygens (including phenoxy) is 2. The SMILES string of the molecule is CCN=C(N)C(C(=O)OCC(=O)c1ccccc1OC)=C(C)N. The Morgan fingerprint density at radius 3 is 2.43 bits per heavy atom. The molecule has 0 heterocycles. The Labute approximate surface area is 135 Å². The smallest absolute Gasteiger partial charge is 0.344 e. The minimum atomic E-state index is -0.789. The van der Waals surface area contributed by atoms with E-state index in [2.05, 4.69) is 4.99 Å². The molecule has 1 aromatic rings. The number of hydrogen-bond acceptors (Lipinski definition) is 6. The van der Waals surface area contributed by atoms with Crippen molar-refractivity contribution in [3.63, 3.8) is 0 Å².